The zero-order valence-corrected chi connectivity index (χ0v) is 18.9. The van der Waals surface area contributed by atoms with E-state index in [1.54, 1.807) is 17.9 Å². The summed E-state index contributed by atoms with van der Waals surface area (Å²) in [7, 11) is 2.57. The molecule has 0 aromatic carbocycles. The van der Waals surface area contributed by atoms with Crippen LogP contribution < -0.4 is 9.47 Å². The number of thiocyanates is 1. The van der Waals surface area contributed by atoms with Gasteiger partial charge in [0.2, 0.25) is 5.15 Å². The van der Waals surface area contributed by atoms with Gasteiger partial charge in [0.05, 0.1) is 24.1 Å². The molecule has 0 spiro atoms. The average molecular weight is 494 g/mol. The summed E-state index contributed by atoms with van der Waals surface area (Å²) < 4.78 is 9.55. The number of nitriles is 1. The lowest BCUT2D eigenvalue weighted by Crippen LogP contribution is -2.01. The van der Waals surface area contributed by atoms with Crippen LogP contribution in [0.3, 0.4) is 0 Å². The first-order valence-electron chi connectivity index (χ1n) is 7.24. The molecule has 160 valence electrons. The predicted octanol–water partition coefficient (Wildman–Crippen LogP) is 3.46. The zero-order valence-electron chi connectivity index (χ0n) is 15.7. The number of hydrogen-bond donors (Lipinski definition) is 0. The molecule has 17 heteroatoms. The maximum Gasteiger partial charge on any atom is 0.367 e. The third-order valence-corrected chi connectivity index (χ3v) is 4.78. The first kappa shape index (κ1) is 25.4. The second-order valence-electron chi connectivity index (χ2n) is 4.44. The van der Waals surface area contributed by atoms with Crippen molar-refractivity contribution in [2.45, 2.75) is 15.3 Å². The van der Waals surface area contributed by atoms with Gasteiger partial charge in [-0.3, -0.25) is 20.2 Å². The number of rotatable bonds is 7. The molecule has 0 bridgehead atoms. The summed E-state index contributed by atoms with van der Waals surface area (Å²) in [5, 5.41) is 32.0. The van der Waals surface area contributed by atoms with E-state index in [1.807, 2.05) is 0 Å². The number of halogens is 1. The van der Waals surface area contributed by atoms with Gasteiger partial charge in [0.25, 0.3) is 11.8 Å². The quantitative estimate of drug-likeness (QED) is 0.136. The fraction of sp³-hybridized carbons (Fsp3) is 0.308. The van der Waals surface area contributed by atoms with E-state index in [4.69, 9.17) is 26.3 Å². The van der Waals surface area contributed by atoms with Crippen molar-refractivity contribution in [3.8, 4) is 17.2 Å². The maximum absolute atomic E-state index is 10.8. The molecule has 0 N–H and O–H groups in total. The van der Waals surface area contributed by atoms with Crippen LogP contribution in [0.5, 0.6) is 11.8 Å². The molecule has 0 saturated carbocycles. The summed E-state index contributed by atoms with van der Waals surface area (Å²) in [5.74, 6) is -0.263. The molecule has 0 aliphatic carbocycles. The van der Waals surface area contributed by atoms with Crippen molar-refractivity contribution in [2.24, 2.45) is 0 Å². The lowest BCUT2D eigenvalue weighted by atomic mass is 10.5. The SMILES string of the molecule is COc1nc(SC)nc(Cl)c1[N+](=O)[O-].COc1nc(SC)nc(SC#N)c1[N+](=O)[O-]. The van der Waals surface area contributed by atoms with Crippen molar-refractivity contribution >= 4 is 58.3 Å². The van der Waals surface area contributed by atoms with E-state index >= 15 is 0 Å². The van der Waals surface area contributed by atoms with Gasteiger partial charge in [-0.1, -0.05) is 35.1 Å². The molecule has 0 aliphatic rings. The van der Waals surface area contributed by atoms with Crippen LogP contribution in [0.4, 0.5) is 11.4 Å². The largest absolute Gasteiger partial charge is 0.476 e. The average Bonchev–Trinajstić information content (AvgIpc) is 2.72. The van der Waals surface area contributed by atoms with Crippen molar-refractivity contribution in [1.82, 2.24) is 19.9 Å². The first-order chi connectivity index (χ1) is 14.2. The molecule has 0 aliphatic heterocycles. The Bertz CT molecular complexity index is 991. The van der Waals surface area contributed by atoms with E-state index in [-0.39, 0.29) is 27.6 Å². The number of nitro groups is 2. The van der Waals surface area contributed by atoms with Gasteiger partial charge in [-0.2, -0.15) is 15.2 Å². The fourth-order valence-electron chi connectivity index (χ4n) is 1.68. The number of aromatic nitrogens is 4. The lowest BCUT2D eigenvalue weighted by Gasteiger charge is -2.04. The Hall–Kier alpha value is -2.61. The van der Waals surface area contributed by atoms with Gasteiger partial charge in [-0.05, 0) is 12.5 Å². The molecule has 2 aromatic heterocycles. The van der Waals surface area contributed by atoms with E-state index in [1.165, 1.54) is 37.7 Å². The van der Waals surface area contributed by atoms with Crippen molar-refractivity contribution in [3.63, 3.8) is 0 Å². The van der Waals surface area contributed by atoms with Crippen LogP contribution >= 0.6 is 46.9 Å². The Morgan fingerprint density at radius 2 is 1.40 bits per heavy atom. The van der Waals surface area contributed by atoms with Crippen LogP contribution in [0, 0.1) is 30.9 Å². The molecule has 30 heavy (non-hydrogen) atoms. The Morgan fingerprint density at radius 1 is 0.933 bits per heavy atom. The molecular weight excluding hydrogens is 482 g/mol. The Kier molecular flexibility index (Phi) is 10.3. The highest BCUT2D eigenvalue weighted by molar-refractivity contribution is 8.03. The van der Waals surface area contributed by atoms with Crippen LogP contribution in [0.15, 0.2) is 15.3 Å². The standard InChI is InChI=1S/C7H6N4O3S2.C6H6ClN3O3S/c1-14-5-4(11(12)13)6(16-3-8)10-7(9-5)15-2;1-13-5-3(10(11)12)4(7)8-6(9-5)14-2/h1-2H3;1-2H3. The van der Waals surface area contributed by atoms with Crippen LogP contribution in [-0.2, 0) is 0 Å². The van der Waals surface area contributed by atoms with Crippen molar-refractivity contribution in [1.29, 1.82) is 5.26 Å². The van der Waals surface area contributed by atoms with Gasteiger partial charge in [-0.15, -0.1) is 0 Å². The molecule has 0 saturated heterocycles. The second kappa shape index (κ2) is 12.2. The van der Waals surface area contributed by atoms with Crippen LogP contribution in [0.25, 0.3) is 0 Å². The molecule has 0 amide bonds. The predicted molar refractivity (Wildman–Crippen MR) is 111 cm³/mol. The number of thioether (sulfide) groups is 3. The minimum absolute atomic E-state index is 0.0105. The zero-order chi connectivity index (χ0) is 22.8. The van der Waals surface area contributed by atoms with Crippen LogP contribution in [-0.4, -0.2) is 56.5 Å². The van der Waals surface area contributed by atoms with Gasteiger partial charge in [0, 0.05) is 11.8 Å². The van der Waals surface area contributed by atoms with E-state index in [0.29, 0.717) is 22.1 Å². The van der Waals surface area contributed by atoms with Crippen molar-refractivity contribution in [2.75, 3.05) is 26.7 Å². The summed E-state index contributed by atoms with van der Waals surface area (Å²) >= 11 is 8.64. The van der Waals surface area contributed by atoms with Crippen LogP contribution in [0.2, 0.25) is 5.15 Å². The van der Waals surface area contributed by atoms with Gasteiger partial charge < -0.3 is 9.47 Å². The Balaban J connectivity index is 0.000000303. The van der Waals surface area contributed by atoms with Gasteiger partial charge >= 0.3 is 11.4 Å². The normalized spacial score (nSPS) is 9.73. The van der Waals surface area contributed by atoms with E-state index in [0.717, 1.165) is 0 Å². The van der Waals surface area contributed by atoms with Gasteiger partial charge in [0.1, 0.15) is 5.40 Å². The number of hydrogen-bond acceptors (Lipinski definition) is 14. The minimum Gasteiger partial charge on any atom is -0.476 e. The van der Waals surface area contributed by atoms with E-state index < -0.39 is 15.5 Å². The third kappa shape index (κ3) is 6.45. The molecule has 2 aromatic rings. The van der Waals surface area contributed by atoms with Gasteiger partial charge in [0.15, 0.2) is 15.3 Å². The van der Waals surface area contributed by atoms with Crippen LogP contribution in [0.1, 0.15) is 0 Å². The highest BCUT2D eigenvalue weighted by atomic mass is 35.5. The summed E-state index contributed by atoms with van der Waals surface area (Å²) in [4.78, 5) is 35.2. The van der Waals surface area contributed by atoms with E-state index in [9.17, 15) is 20.2 Å². The highest BCUT2D eigenvalue weighted by Crippen LogP contribution is 2.35. The lowest BCUT2D eigenvalue weighted by molar-refractivity contribution is -0.389. The molecular formula is C13H12ClN7O6S3. The van der Waals surface area contributed by atoms with Crippen molar-refractivity contribution < 1.29 is 19.3 Å². The Labute approximate surface area is 187 Å². The molecule has 13 nitrogen and oxygen atoms in total. The highest BCUT2D eigenvalue weighted by Gasteiger charge is 2.26. The maximum atomic E-state index is 10.8. The number of nitrogens with zero attached hydrogens (tertiary/aromatic N) is 7. The van der Waals surface area contributed by atoms with Crippen molar-refractivity contribution in [3.05, 3.63) is 25.4 Å². The summed E-state index contributed by atoms with van der Waals surface area (Å²) in [6.07, 6.45) is 3.46. The molecule has 0 unspecified atom stereocenters. The molecule has 2 heterocycles. The molecule has 0 fully saturated rings. The fourth-order valence-corrected chi connectivity index (χ4v) is 3.21. The monoisotopic (exact) mass is 493 g/mol. The molecule has 0 radical (unpaired) electrons. The first-order valence-corrected chi connectivity index (χ1v) is 10.9. The second-order valence-corrected chi connectivity index (χ2v) is 7.12. The minimum atomic E-state index is -0.675. The Morgan fingerprint density at radius 3 is 1.80 bits per heavy atom. The summed E-state index contributed by atoms with van der Waals surface area (Å²) in [6.45, 7) is 0. The van der Waals surface area contributed by atoms with E-state index in [2.05, 4.69) is 19.9 Å². The summed E-state index contributed by atoms with van der Waals surface area (Å²) in [5.41, 5.74) is -0.793. The number of ether oxygens (including phenoxy) is 2. The number of methoxy groups -OCH3 is 2. The smallest absolute Gasteiger partial charge is 0.367 e. The molecule has 0 atom stereocenters. The van der Waals surface area contributed by atoms with Gasteiger partial charge in [-0.25, -0.2) is 9.97 Å². The molecule has 2 rings (SSSR count). The summed E-state index contributed by atoms with van der Waals surface area (Å²) in [6, 6.07) is 0. The third-order valence-electron chi connectivity index (χ3n) is 2.85. The topological polar surface area (TPSA) is 180 Å².